The van der Waals surface area contributed by atoms with Crippen LogP contribution in [0, 0.1) is 5.82 Å². The van der Waals surface area contributed by atoms with Gasteiger partial charge in [-0.05, 0) is 42.0 Å². The van der Waals surface area contributed by atoms with Gasteiger partial charge >= 0.3 is 0 Å². The molecular formula is C16H15ClFN3OS2. The molecule has 0 heterocycles. The molecule has 2 rings (SSSR count). The van der Waals surface area contributed by atoms with Gasteiger partial charge in [0.1, 0.15) is 5.82 Å². The van der Waals surface area contributed by atoms with Crippen LogP contribution in [-0.4, -0.2) is 16.8 Å². The van der Waals surface area contributed by atoms with Crippen LogP contribution in [0.5, 0.6) is 0 Å². The van der Waals surface area contributed by atoms with E-state index in [2.05, 4.69) is 16.2 Å². The maximum Gasteiger partial charge on any atom is 0.248 e. The number of carbonyl (C=O) groups is 1. The number of carbonyl (C=O) groups excluding carboxylic acids is 1. The van der Waals surface area contributed by atoms with Gasteiger partial charge in [-0.1, -0.05) is 35.9 Å². The van der Waals surface area contributed by atoms with E-state index in [9.17, 15) is 9.18 Å². The second kappa shape index (κ2) is 9.46. The third-order valence-electron chi connectivity index (χ3n) is 2.85. The van der Waals surface area contributed by atoms with Crippen LogP contribution in [0.2, 0.25) is 5.02 Å². The van der Waals surface area contributed by atoms with E-state index >= 15 is 0 Å². The quantitative estimate of drug-likeness (QED) is 0.542. The third kappa shape index (κ3) is 6.35. The number of hydrogen-bond acceptors (Lipinski definition) is 3. The Bertz CT molecular complexity index is 716. The van der Waals surface area contributed by atoms with Crippen LogP contribution < -0.4 is 16.2 Å². The number of anilines is 1. The number of thioether (sulfide) groups is 1. The third-order valence-corrected chi connectivity index (χ3v) is 4.39. The molecule has 0 atom stereocenters. The van der Waals surface area contributed by atoms with Crippen molar-refractivity contribution >= 4 is 52.3 Å². The molecule has 24 heavy (non-hydrogen) atoms. The van der Waals surface area contributed by atoms with E-state index in [0.29, 0.717) is 15.9 Å². The Morgan fingerprint density at radius 2 is 1.92 bits per heavy atom. The molecule has 0 spiro atoms. The van der Waals surface area contributed by atoms with Gasteiger partial charge in [-0.15, -0.1) is 11.8 Å². The lowest BCUT2D eigenvalue weighted by atomic mass is 10.2. The molecule has 2 aromatic rings. The second-order valence-corrected chi connectivity index (χ2v) is 6.52. The second-order valence-electron chi connectivity index (χ2n) is 4.72. The molecule has 0 radical (unpaired) electrons. The van der Waals surface area contributed by atoms with Gasteiger partial charge in [-0.25, -0.2) is 4.39 Å². The van der Waals surface area contributed by atoms with Crippen molar-refractivity contribution in [2.24, 2.45) is 0 Å². The Hall–Kier alpha value is -1.83. The van der Waals surface area contributed by atoms with Gasteiger partial charge in [-0.2, -0.15) is 0 Å². The van der Waals surface area contributed by atoms with Crippen molar-refractivity contribution in [2.75, 3.05) is 11.1 Å². The lowest BCUT2D eigenvalue weighted by Crippen LogP contribution is -2.44. The van der Waals surface area contributed by atoms with Crippen LogP contribution in [0.15, 0.2) is 48.5 Å². The highest BCUT2D eigenvalue weighted by molar-refractivity contribution is 7.99. The lowest BCUT2D eigenvalue weighted by molar-refractivity contribution is -0.119. The van der Waals surface area contributed by atoms with Crippen LogP contribution >= 0.6 is 35.6 Å². The molecule has 0 aliphatic heterocycles. The van der Waals surface area contributed by atoms with E-state index in [1.54, 1.807) is 6.07 Å². The number of amides is 1. The van der Waals surface area contributed by atoms with Gasteiger partial charge in [0, 0.05) is 16.5 Å². The van der Waals surface area contributed by atoms with Gasteiger partial charge < -0.3 is 5.32 Å². The molecule has 8 heteroatoms. The average molecular weight is 384 g/mol. The van der Waals surface area contributed by atoms with Gasteiger partial charge in [-0.3, -0.25) is 15.6 Å². The predicted octanol–water partition coefficient (Wildman–Crippen LogP) is 3.73. The highest BCUT2D eigenvalue weighted by Crippen LogP contribution is 2.21. The predicted molar refractivity (Wildman–Crippen MR) is 102 cm³/mol. The Morgan fingerprint density at radius 3 is 2.62 bits per heavy atom. The van der Waals surface area contributed by atoms with E-state index in [1.807, 2.05) is 30.3 Å². The Balaban J connectivity index is 1.67. The SMILES string of the molecule is O=C(CSCc1ccc(F)cc1Cl)NNC(=S)Nc1ccccc1. The van der Waals surface area contributed by atoms with Gasteiger partial charge in [0.2, 0.25) is 5.91 Å². The first-order valence-corrected chi connectivity index (χ1v) is 8.91. The van der Waals surface area contributed by atoms with E-state index in [1.165, 1.54) is 23.9 Å². The number of para-hydroxylation sites is 1. The summed E-state index contributed by atoms with van der Waals surface area (Å²) in [6.07, 6.45) is 0. The molecule has 0 saturated carbocycles. The van der Waals surface area contributed by atoms with Crippen molar-refractivity contribution in [2.45, 2.75) is 5.75 Å². The van der Waals surface area contributed by atoms with Crippen molar-refractivity contribution in [1.29, 1.82) is 0 Å². The molecule has 0 aliphatic carbocycles. The molecule has 0 fully saturated rings. The molecule has 0 bridgehead atoms. The number of hydrazine groups is 1. The van der Waals surface area contributed by atoms with Crippen molar-refractivity contribution in [3.05, 3.63) is 64.9 Å². The van der Waals surface area contributed by atoms with Crippen LogP contribution in [0.3, 0.4) is 0 Å². The van der Waals surface area contributed by atoms with Crippen molar-refractivity contribution in [3.63, 3.8) is 0 Å². The topological polar surface area (TPSA) is 53.2 Å². The monoisotopic (exact) mass is 383 g/mol. The zero-order valence-corrected chi connectivity index (χ0v) is 14.9. The normalized spacial score (nSPS) is 10.1. The standard InChI is InChI=1S/C16H15ClFN3OS2/c17-14-8-12(18)7-6-11(14)9-24-10-15(22)20-21-16(23)19-13-4-2-1-3-5-13/h1-8H,9-10H2,(H,20,22)(H2,19,21,23). The number of halogens is 2. The van der Waals surface area contributed by atoms with Crippen LogP contribution in [0.4, 0.5) is 10.1 Å². The molecule has 0 unspecified atom stereocenters. The van der Waals surface area contributed by atoms with E-state index in [0.717, 1.165) is 11.3 Å². The number of thiocarbonyl (C=S) groups is 1. The summed E-state index contributed by atoms with van der Waals surface area (Å²) in [5.74, 6) is 0.124. The zero-order chi connectivity index (χ0) is 17.4. The summed E-state index contributed by atoms with van der Waals surface area (Å²) >= 11 is 12.4. The minimum Gasteiger partial charge on any atom is -0.331 e. The van der Waals surface area contributed by atoms with Crippen LogP contribution in [0.1, 0.15) is 5.56 Å². The Kier molecular flexibility index (Phi) is 7.30. The maximum atomic E-state index is 12.9. The minimum atomic E-state index is -0.380. The number of rotatable bonds is 5. The summed E-state index contributed by atoms with van der Waals surface area (Å²) in [5, 5.41) is 3.59. The smallest absolute Gasteiger partial charge is 0.248 e. The fourth-order valence-corrected chi connectivity index (χ4v) is 3.05. The van der Waals surface area contributed by atoms with E-state index in [4.69, 9.17) is 23.8 Å². The summed E-state index contributed by atoms with van der Waals surface area (Å²) in [5.41, 5.74) is 6.74. The minimum absolute atomic E-state index is 0.217. The molecule has 0 aromatic heterocycles. The van der Waals surface area contributed by atoms with Crippen molar-refractivity contribution < 1.29 is 9.18 Å². The number of hydrogen-bond donors (Lipinski definition) is 3. The molecule has 1 amide bonds. The number of nitrogens with one attached hydrogen (secondary N) is 3. The summed E-state index contributed by atoms with van der Waals surface area (Å²) < 4.78 is 12.9. The summed E-state index contributed by atoms with van der Waals surface area (Å²) in [4.78, 5) is 11.8. The molecule has 3 N–H and O–H groups in total. The molecule has 126 valence electrons. The first-order chi connectivity index (χ1) is 11.5. The maximum absolute atomic E-state index is 12.9. The fraction of sp³-hybridized carbons (Fsp3) is 0.125. The molecule has 4 nitrogen and oxygen atoms in total. The largest absolute Gasteiger partial charge is 0.331 e. The zero-order valence-electron chi connectivity index (χ0n) is 12.5. The molecule has 0 saturated heterocycles. The van der Waals surface area contributed by atoms with Gasteiger partial charge in [0.25, 0.3) is 0 Å². The average Bonchev–Trinajstić information content (AvgIpc) is 2.56. The summed E-state index contributed by atoms with van der Waals surface area (Å²) in [7, 11) is 0. The fourth-order valence-electron chi connectivity index (χ4n) is 1.74. The highest BCUT2D eigenvalue weighted by atomic mass is 35.5. The van der Waals surface area contributed by atoms with Crippen LogP contribution in [-0.2, 0) is 10.5 Å². The first kappa shape index (κ1) is 18.5. The highest BCUT2D eigenvalue weighted by Gasteiger charge is 2.06. The van der Waals surface area contributed by atoms with Crippen LogP contribution in [0.25, 0.3) is 0 Å². The lowest BCUT2D eigenvalue weighted by Gasteiger charge is -2.11. The Labute approximate surface area is 154 Å². The first-order valence-electron chi connectivity index (χ1n) is 6.97. The summed E-state index contributed by atoms with van der Waals surface area (Å²) in [6, 6.07) is 13.6. The van der Waals surface area contributed by atoms with Crippen molar-refractivity contribution in [3.8, 4) is 0 Å². The van der Waals surface area contributed by atoms with E-state index in [-0.39, 0.29) is 17.5 Å². The van der Waals surface area contributed by atoms with Gasteiger partial charge in [0.15, 0.2) is 5.11 Å². The number of benzene rings is 2. The molecule has 2 aromatic carbocycles. The van der Waals surface area contributed by atoms with Crippen molar-refractivity contribution in [1.82, 2.24) is 10.9 Å². The van der Waals surface area contributed by atoms with E-state index < -0.39 is 0 Å². The van der Waals surface area contributed by atoms with Gasteiger partial charge in [0.05, 0.1) is 5.75 Å². The summed E-state index contributed by atoms with van der Waals surface area (Å²) in [6.45, 7) is 0. The molecular weight excluding hydrogens is 369 g/mol. The molecule has 0 aliphatic rings. The Morgan fingerprint density at radius 1 is 1.17 bits per heavy atom.